The monoisotopic (exact) mass is 303 g/mol. The van der Waals surface area contributed by atoms with Crippen LogP contribution in [0.2, 0.25) is 0 Å². The number of anilines is 1. The molecule has 1 unspecified atom stereocenters. The van der Waals surface area contributed by atoms with E-state index in [-0.39, 0.29) is 6.04 Å². The first-order chi connectivity index (χ1) is 10.3. The maximum absolute atomic E-state index is 9.49. The van der Waals surface area contributed by atoms with E-state index in [1.54, 1.807) is 11.8 Å². The molecule has 0 radical (unpaired) electrons. The first-order valence-corrected chi connectivity index (χ1v) is 8.91. The van der Waals surface area contributed by atoms with Crippen molar-refractivity contribution in [3.63, 3.8) is 0 Å². The molecule has 1 aliphatic carbocycles. The van der Waals surface area contributed by atoms with Crippen LogP contribution in [0.25, 0.3) is 0 Å². The fourth-order valence-corrected chi connectivity index (χ4v) is 3.93. The summed E-state index contributed by atoms with van der Waals surface area (Å²) in [5, 5.41) is 13.0. The highest BCUT2D eigenvalue weighted by Gasteiger charge is 2.23. The van der Waals surface area contributed by atoms with Gasteiger partial charge in [0.1, 0.15) is 6.07 Å². The van der Waals surface area contributed by atoms with Gasteiger partial charge in [0, 0.05) is 17.5 Å². The summed E-state index contributed by atoms with van der Waals surface area (Å²) in [4.78, 5) is 1.06. The van der Waals surface area contributed by atoms with Crippen molar-refractivity contribution in [2.75, 3.05) is 17.6 Å². The topological polar surface area (TPSA) is 61.8 Å². The molecule has 1 aromatic carbocycles. The highest BCUT2D eigenvalue weighted by atomic mass is 32.2. The Kier molecular flexibility index (Phi) is 6.41. The van der Waals surface area contributed by atoms with Gasteiger partial charge in [-0.25, -0.2) is 0 Å². The van der Waals surface area contributed by atoms with E-state index in [2.05, 4.69) is 18.3 Å². The second-order valence-electron chi connectivity index (χ2n) is 5.61. The van der Waals surface area contributed by atoms with Crippen molar-refractivity contribution >= 4 is 17.4 Å². The molecule has 3 nitrogen and oxygen atoms in total. The lowest BCUT2D eigenvalue weighted by Gasteiger charge is -2.31. The highest BCUT2D eigenvalue weighted by molar-refractivity contribution is 7.99. The van der Waals surface area contributed by atoms with Gasteiger partial charge in [0.15, 0.2) is 0 Å². The van der Waals surface area contributed by atoms with Gasteiger partial charge in [-0.3, -0.25) is 0 Å². The number of thioether (sulfide) groups is 1. The lowest BCUT2D eigenvalue weighted by atomic mass is 9.83. The van der Waals surface area contributed by atoms with Gasteiger partial charge < -0.3 is 11.1 Å². The minimum atomic E-state index is 0.277. The summed E-state index contributed by atoms with van der Waals surface area (Å²) in [5.74, 6) is 1.61. The van der Waals surface area contributed by atoms with Crippen molar-refractivity contribution in [2.45, 2.75) is 50.0 Å². The molecule has 0 aliphatic heterocycles. The molecular weight excluding hydrogens is 278 g/mol. The zero-order valence-electron chi connectivity index (χ0n) is 12.8. The number of nitrogens with two attached hydrogens (primary N) is 1. The Labute approximate surface area is 132 Å². The molecule has 4 heteroatoms. The molecule has 1 fully saturated rings. The Morgan fingerprint density at radius 2 is 2.14 bits per heavy atom. The predicted octanol–water partition coefficient (Wildman–Crippen LogP) is 3.99. The van der Waals surface area contributed by atoms with Gasteiger partial charge in [-0.2, -0.15) is 5.26 Å². The Bertz CT molecular complexity index is 489. The zero-order chi connectivity index (χ0) is 15.1. The van der Waals surface area contributed by atoms with Gasteiger partial charge in [-0.15, -0.1) is 11.8 Å². The number of nitrogens with zero attached hydrogens (tertiary/aromatic N) is 1. The predicted molar refractivity (Wildman–Crippen MR) is 90.6 cm³/mol. The van der Waals surface area contributed by atoms with Crippen molar-refractivity contribution in [1.82, 2.24) is 0 Å². The molecule has 0 bridgehead atoms. The molecule has 0 amide bonds. The third-order valence-corrected chi connectivity index (χ3v) is 5.19. The molecule has 0 heterocycles. The average Bonchev–Trinajstić information content (AvgIpc) is 2.54. The Morgan fingerprint density at radius 3 is 2.76 bits per heavy atom. The number of hydrogen-bond donors (Lipinski definition) is 2. The second kappa shape index (κ2) is 8.31. The summed E-state index contributed by atoms with van der Waals surface area (Å²) < 4.78 is 0. The number of nitriles is 1. The van der Waals surface area contributed by atoms with Crippen LogP contribution in [0.4, 0.5) is 5.69 Å². The lowest BCUT2D eigenvalue weighted by Crippen LogP contribution is -2.37. The van der Waals surface area contributed by atoms with Gasteiger partial charge in [-0.1, -0.05) is 32.3 Å². The summed E-state index contributed by atoms with van der Waals surface area (Å²) in [6.07, 6.45) is 6.46. The molecule has 0 saturated heterocycles. The number of hydrogen-bond acceptors (Lipinski definition) is 4. The van der Waals surface area contributed by atoms with Crippen LogP contribution >= 0.6 is 11.8 Å². The minimum absolute atomic E-state index is 0.277. The fraction of sp³-hybridized carbons (Fsp3) is 0.588. The van der Waals surface area contributed by atoms with Crippen LogP contribution in [0.1, 0.15) is 44.6 Å². The molecule has 1 atom stereocenters. The molecule has 0 aromatic heterocycles. The third-order valence-electron chi connectivity index (χ3n) is 4.25. The molecule has 1 aliphatic rings. The standard InChI is InChI=1S/C17H25N3S/c1-2-21-17-10-6-9-15(14(17)11-18)20-16(12-19)13-7-4-3-5-8-13/h6,9-10,13,16,20H,2-5,7-8,12,19H2,1H3. The summed E-state index contributed by atoms with van der Waals surface area (Å²) in [6, 6.07) is 8.69. The molecule has 114 valence electrons. The molecule has 1 aromatic rings. The maximum atomic E-state index is 9.49. The van der Waals surface area contributed by atoms with Crippen LogP contribution in [0.3, 0.4) is 0 Å². The second-order valence-corrected chi connectivity index (χ2v) is 6.91. The Morgan fingerprint density at radius 1 is 1.38 bits per heavy atom. The average molecular weight is 303 g/mol. The van der Waals surface area contributed by atoms with Crippen LogP contribution in [0, 0.1) is 17.2 Å². The Balaban J connectivity index is 2.16. The molecule has 21 heavy (non-hydrogen) atoms. The van der Waals surface area contributed by atoms with Crippen LogP contribution in [-0.4, -0.2) is 18.3 Å². The van der Waals surface area contributed by atoms with Crippen LogP contribution in [0.5, 0.6) is 0 Å². The van der Waals surface area contributed by atoms with Crippen LogP contribution in [0.15, 0.2) is 23.1 Å². The molecule has 0 spiro atoms. The van der Waals surface area contributed by atoms with Crippen molar-refractivity contribution in [1.29, 1.82) is 5.26 Å². The number of rotatable bonds is 6. The number of benzene rings is 1. The van der Waals surface area contributed by atoms with Gasteiger partial charge in [0.2, 0.25) is 0 Å². The van der Waals surface area contributed by atoms with E-state index in [0.29, 0.717) is 12.5 Å². The Hall–Kier alpha value is -1.18. The normalized spacial score (nSPS) is 17.2. The zero-order valence-corrected chi connectivity index (χ0v) is 13.6. The van der Waals surface area contributed by atoms with E-state index < -0.39 is 0 Å². The lowest BCUT2D eigenvalue weighted by molar-refractivity contribution is 0.320. The third kappa shape index (κ3) is 4.15. The smallest absolute Gasteiger partial charge is 0.102 e. The van der Waals surface area contributed by atoms with E-state index in [1.165, 1.54) is 32.1 Å². The van der Waals surface area contributed by atoms with Crippen molar-refractivity contribution in [2.24, 2.45) is 11.7 Å². The molecule has 2 rings (SSSR count). The van der Waals surface area contributed by atoms with E-state index in [9.17, 15) is 5.26 Å². The first-order valence-electron chi connectivity index (χ1n) is 7.92. The summed E-state index contributed by atoms with van der Waals surface area (Å²) in [7, 11) is 0. The van der Waals surface area contributed by atoms with E-state index in [1.807, 2.05) is 18.2 Å². The van der Waals surface area contributed by atoms with E-state index in [0.717, 1.165) is 21.9 Å². The van der Waals surface area contributed by atoms with Gasteiger partial charge in [0.05, 0.1) is 11.3 Å². The van der Waals surface area contributed by atoms with Crippen molar-refractivity contribution in [3.05, 3.63) is 23.8 Å². The van der Waals surface area contributed by atoms with Crippen molar-refractivity contribution in [3.8, 4) is 6.07 Å². The van der Waals surface area contributed by atoms with Gasteiger partial charge in [0.25, 0.3) is 0 Å². The van der Waals surface area contributed by atoms with E-state index in [4.69, 9.17) is 5.73 Å². The largest absolute Gasteiger partial charge is 0.380 e. The van der Waals surface area contributed by atoms with Gasteiger partial charge >= 0.3 is 0 Å². The first kappa shape index (κ1) is 16.2. The minimum Gasteiger partial charge on any atom is -0.380 e. The van der Waals surface area contributed by atoms with Crippen molar-refractivity contribution < 1.29 is 0 Å². The molecule has 1 saturated carbocycles. The maximum Gasteiger partial charge on any atom is 0.102 e. The summed E-state index contributed by atoms with van der Waals surface area (Å²) in [5.41, 5.74) is 7.69. The van der Waals surface area contributed by atoms with E-state index >= 15 is 0 Å². The summed E-state index contributed by atoms with van der Waals surface area (Å²) >= 11 is 1.72. The highest BCUT2D eigenvalue weighted by Crippen LogP contribution is 2.31. The quantitative estimate of drug-likeness (QED) is 0.780. The SMILES string of the molecule is CCSc1cccc(NC(CN)C2CCCCC2)c1C#N. The fourth-order valence-electron chi connectivity index (χ4n) is 3.15. The summed E-state index contributed by atoms with van der Waals surface area (Å²) in [6.45, 7) is 2.73. The van der Waals surface area contributed by atoms with Crippen LogP contribution < -0.4 is 11.1 Å². The van der Waals surface area contributed by atoms with Crippen LogP contribution in [-0.2, 0) is 0 Å². The van der Waals surface area contributed by atoms with Gasteiger partial charge in [-0.05, 0) is 36.6 Å². The molecular formula is C17H25N3S. The molecule has 3 N–H and O–H groups in total. The number of nitrogens with one attached hydrogen (secondary N) is 1.